The van der Waals surface area contributed by atoms with E-state index in [0.29, 0.717) is 35.2 Å². The van der Waals surface area contributed by atoms with E-state index in [1.54, 1.807) is 43.5 Å². The van der Waals surface area contributed by atoms with E-state index >= 15 is 0 Å². The summed E-state index contributed by atoms with van der Waals surface area (Å²) in [6.45, 7) is 2.04. The molecule has 0 saturated carbocycles. The first-order valence-electron chi connectivity index (χ1n) is 10.7. The van der Waals surface area contributed by atoms with Crippen LogP contribution in [0.4, 0.5) is 13.2 Å². The Kier molecular flexibility index (Phi) is 6.54. The summed E-state index contributed by atoms with van der Waals surface area (Å²) in [7, 11) is 0. The molecule has 1 atom stereocenters. The van der Waals surface area contributed by atoms with Gasteiger partial charge in [-0.3, -0.25) is 14.6 Å². The van der Waals surface area contributed by atoms with Crippen LogP contribution < -0.4 is 10.1 Å². The van der Waals surface area contributed by atoms with Gasteiger partial charge in [0.2, 0.25) is 5.91 Å². The number of alkyl halides is 3. The number of carbonyl (C=O) groups excluding carboxylic acids is 2. The fourth-order valence-corrected chi connectivity index (χ4v) is 4.01. The molecule has 1 aliphatic rings. The van der Waals surface area contributed by atoms with Crippen LogP contribution in [0.1, 0.15) is 38.8 Å². The number of aryl methyl sites for hydroxylation is 1. The van der Waals surface area contributed by atoms with Crippen LogP contribution in [0.5, 0.6) is 5.75 Å². The van der Waals surface area contributed by atoms with Gasteiger partial charge < -0.3 is 15.0 Å². The predicted molar refractivity (Wildman–Crippen MR) is 118 cm³/mol. The fraction of sp³-hybridized carbons (Fsp3) is 0.240. The number of aromatic nitrogens is 1. The van der Waals surface area contributed by atoms with Crippen LogP contribution in [0.15, 0.2) is 66.9 Å². The summed E-state index contributed by atoms with van der Waals surface area (Å²) in [5.41, 5.74) is 3.09. The zero-order valence-corrected chi connectivity index (χ0v) is 18.3. The first-order chi connectivity index (χ1) is 16.2. The van der Waals surface area contributed by atoms with Crippen LogP contribution in [-0.4, -0.2) is 34.6 Å². The van der Waals surface area contributed by atoms with E-state index in [-0.39, 0.29) is 24.1 Å². The molecule has 1 aromatic heterocycles. The zero-order chi connectivity index (χ0) is 24.3. The van der Waals surface area contributed by atoms with Gasteiger partial charge in [0.05, 0.1) is 0 Å². The first kappa shape index (κ1) is 23.3. The Morgan fingerprint density at radius 2 is 1.88 bits per heavy atom. The average molecular weight is 469 g/mol. The number of amides is 2. The Morgan fingerprint density at radius 1 is 1.12 bits per heavy atom. The van der Waals surface area contributed by atoms with E-state index in [1.807, 2.05) is 12.1 Å². The van der Waals surface area contributed by atoms with Gasteiger partial charge in [0.25, 0.3) is 5.91 Å². The van der Waals surface area contributed by atoms with Crippen molar-refractivity contribution in [2.75, 3.05) is 6.54 Å². The summed E-state index contributed by atoms with van der Waals surface area (Å²) in [6.07, 6.45) is -2.61. The van der Waals surface area contributed by atoms with Crippen molar-refractivity contribution in [2.24, 2.45) is 0 Å². The molecule has 2 heterocycles. The number of halogens is 3. The molecule has 6 nitrogen and oxygen atoms in total. The number of nitrogens with one attached hydrogen (secondary N) is 1. The lowest BCUT2D eigenvalue weighted by Crippen LogP contribution is -2.40. The smallest absolute Gasteiger partial charge is 0.406 e. The van der Waals surface area contributed by atoms with Gasteiger partial charge in [-0.05, 0) is 53.9 Å². The number of carbonyl (C=O) groups is 2. The molecule has 1 unspecified atom stereocenters. The monoisotopic (exact) mass is 469 g/mol. The minimum atomic E-state index is -4.77. The topological polar surface area (TPSA) is 71.5 Å². The standard InChI is InChI=1S/C25H22F3N3O3/c1-16-14-19(34-25(26,27)28)10-9-17(16)15-30-23(32)22-20-7-2-3-8-21(20)24(33)31(22)13-11-18-6-4-5-12-29-18/h2-10,12,14,22H,11,13,15H2,1H3,(H,30,32). The molecule has 0 radical (unpaired) electrons. The van der Waals surface area contributed by atoms with Crippen molar-refractivity contribution < 1.29 is 27.5 Å². The van der Waals surface area contributed by atoms with Crippen molar-refractivity contribution in [1.29, 1.82) is 0 Å². The lowest BCUT2D eigenvalue weighted by atomic mass is 10.0. The van der Waals surface area contributed by atoms with Crippen LogP contribution in [0.2, 0.25) is 0 Å². The van der Waals surface area contributed by atoms with E-state index in [4.69, 9.17) is 0 Å². The quantitative estimate of drug-likeness (QED) is 0.559. The summed E-state index contributed by atoms with van der Waals surface area (Å²) in [5, 5.41) is 2.83. The number of pyridine rings is 1. The molecule has 176 valence electrons. The van der Waals surface area contributed by atoms with Crippen LogP contribution >= 0.6 is 0 Å². The highest BCUT2D eigenvalue weighted by molar-refractivity contribution is 6.04. The molecule has 0 fully saturated rings. The molecular weight excluding hydrogens is 447 g/mol. The van der Waals surface area contributed by atoms with Gasteiger partial charge in [0.1, 0.15) is 11.8 Å². The highest BCUT2D eigenvalue weighted by Gasteiger charge is 2.40. The Balaban J connectivity index is 1.49. The van der Waals surface area contributed by atoms with Crippen LogP contribution in [0, 0.1) is 6.92 Å². The molecule has 0 bridgehead atoms. The molecule has 2 aromatic carbocycles. The molecule has 1 aliphatic heterocycles. The number of hydrogen-bond donors (Lipinski definition) is 1. The second-order valence-electron chi connectivity index (χ2n) is 7.91. The summed E-state index contributed by atoms with van der Waals surface area (Å²) < 4.78 is 41.3. The van der Waals surface area contributed by atoms with E-state index < -0.39 is 12.4 Å². The predicted octanol–water partition coefficient (Wildman–Crippen LogP) is 4.34. The maximum Gasteiger partial charge on any atom is 0.573 e. The summed E-state index contributed by atoms with van der Waals surface area (Å²) in [6, 6.07) is 15.6. The van der Waals surface area contributed by atoms with E-state index in [2.05, 4.69) is 15.0 Å². The molecule has 0 aliphatic carbocycles. The number of fused-ring (bicyclic) bond motifs is 1. The van der Waals surface area contributed by atoms with Crippen LogP contribution in [-0.2, 0) is 17.8 Å². The molecule has 2 amide bonds. The van der Waals surface area contributed by atoms with Crippen molar-refractivity contribution >= 4 is 11.8 Å². The summed E-state index contributed by atoms with van der Waals surface area (Å²) in [4.78, 5) is 32.1. The van der Waals surface area contributed by atoms with Crippen molar-refractivity contribution in [3.8, 4) is 5.75 Å². The van der Waals surface area contributed by atoms with E-state index in [1.165, 1.54) is 23.1 Å². The van der Waals surface area contributed by atoms with E-state index in [9.17, 15) is 22.8 Å². The lowest BCUT2D eigenvalue weighted by molar-refractivity contribution is -0.274. The molecule has 0 saturated heterocycles. The first-order valence-corrected chi connectivity index (χ1v) is 10.7. The Morgan fingerprint density at radius 3 is 2.59 bits per heavy atom. The van der Waals surface area contributed by atoms with Crippen molar-refractivity contribution in [1.82, 2.24) is 15.2 Å². The number of ether oxygens (including phenoxy) is 1. The van der Waals surface area contributed by atoms with Gasteiger partial charge in [-0.2, -0.15) is 0 Å². The molecule has 34 heavy (non-hydrogen) atoms. The third-order valence-corrected chi connectivity index (χ3v) is 5.64. The van der Waals surface area contributed by atoms with Gasteiger partial charge in [0.15, 0.2) is 0 Å². The number of rotatable bonds is 7. The lowest BCUT2D eigenvalue weighted by Gasteiger charge is -2.25. The Labute approximate surface area is 194 Å². The van der Waals surface area contributed by atoms with Crippen molar-refractivity contribution in [3.05, 3.63) is 94.8 Å². The molecule has 1 N–H and O–H groups in total. The summed E-state index contributed by atoms with van der Waals surface area (Å²) >= 11 is 0. The minimum Gasteiger partial charge on any atom is -0.406 e. The van der Waals surface area contributed by atoms with Crippen molar-refractivity contribution in [2.45, 2.75) is 32.3 Å². The fourth-order valence-electron chi connectivity index (χ4n) is 4.01. The number of nitrogens with zero attached hydrogens (tertiary/aromatic N) is 2. The number of hydrogen-bond acceptors (Lipinski definition) is 4. The van der Waals surface area contributed by atoms with Gasteiger partial charge in [-0.15, -0.1) is 13.2 Å². The third-order valence-electron chi connectivity index (χ3n) is 5.64. The maximum absolute atomic E-state index is 13.2. The Hall–Kier alpha value is -3.88. The third kappa shape index (κ3) is 5.19. The van der Waals surface area contributed by atoms with Gasteiger partial charge >= 0.3 is 6.36 Å². The van der Waals surface area contributed by atoms with Gasteiger partial charge in [-0.25, -0.2) is 0 Å². The zero-order valence-electron chi connectivity index (χ0n) is 18.3. The highest BCUT2D eigenvalue weighted by Crippen LogP contribution is 2.34. The van der Waals surface area contributed by atoms with Crippen molar-refractivity contribution in [3.63, 3.8) is 0 Å². The molecule has 4 rings (SSSR count). The SMILES string of the molecule is Cc1cc(OC(F)(F)F)ccc1CNC(=O)C1c2ccccc2C(=O)N1CCc1ccccn1. The van der Waals surface area contributed by atoms with E-state index in [0.717, 1.165) is 5.69 Å². The Bertz CT molecular complexity index is 1200. The van der Waals surface area contributed by atoms with Gasteiger partial charge in [-0.1, -0.05) is 30.3 Å². The molecule has 3 aromatic rings. The second kappa shape index (κ2) is 9.54. The molecule has 9 heteroatoms. The van der Waals surface area contributed by atoms with Gasteiger partial charge in [0, 0.05) is 37.0 Å². The highest BCUT2D eigenvalue weighted by atomic mass is 19.4. The second-order valence-corrected chi connectivity index (χ2v) is 7.91. The average Bonchev–Trinajstić information content (AvgIpc) is 3.08. The molecular formula is C25H22F3N3O3. The minimum absolute atomic E-state index is 0.0951. The largest absolute Gasteiger partial charge is 0.573 e. The summed E-state index contributed by atoms with van der Waals surface area (Å²) in [5.74, 6) is -0.915. The van der Waals surface area contributed by atoms with Crippen LogP contribution in [0.25, 0.3) is 0 Å². The maximum atomic E-state index is 13.2. The molecule has 0 spiro atoms. The normalized spacial score (nSPS) is 15.2. The number of benzene rings is 2. The van der Waals surface area contributed by atoms with Crippen LogP contribution in [0.3, 0.4) is 0 Å².